The number of hydrogen-bond donors (Lipinski definition) is 1. The molecule has 0 radical (unpaired) electrons. The van der Waals surface area contributed by atoms with Crippen molar-refractivity contribution >= 4 is 11.3 Å². The average molecular weight is 283 g/mol. The SMILES string of the molecule is Cc1ccc(C#N)cc1OCc1cc(C#CCO)cs1. The second kappa shape index (κ2) is 6.77. The largest absolute Gasteiger partial charge is 0.488 e. The molecule has 0 aliphatic carbocycles. The summed E-state index contributed by atoms with van der Waals surface area (Å²) in [6, 6.07) is 9.44. The van der Waals surface area contributed by atoms with Crippen LogP contribution in [0.4, 0.5) is 0 Å². The normalized spacial score (nSPS) is 9.45. The molecule has 100 valence electrons. The molecule has 0 saturated carbocycles. The zero-order chi connectivity index (χ0) is 14.4. The summed E-state index contributed by atoms with van der Waals surface area (Å²) in [4.78, 5) is 1.05. The third-order valence-corrected chi connectivity index (χ3v) is 3.56. The number of aliphatic hydroxyl groups excluding tert-OH is 1. The van der Waals surface area contributed by atoms with Crippen molar-refractivity contribution in [3.8, 4) is 23.7 Å². The zero-order valence-corrected chi connectivity index (χ0v) is 11.8. The monoisotopic (exact) mass is 283 g/mol. The van der Waals surface area contributed by atoms with E-state index in [2.05, 4.69) is 17.9 Å². The van der Waals surface area contributed by atoms with E-state index in [0.29, 0.717) is 12.2 Å². The van der Waals surface area contributed by atoms with Crippen LogP contribution in [0.15, 0.2) is 29.6 Å². The van der Waals surface area contributed by atoms with Crippen LogP contribution in [0.2, 0.25) is 0 Å². The first-order valence-electron chi connectivity index (χ1n) is 6.03. The summed E-state index contributed by atoms with van der Waals surface area (Å²) in [7, 11) is 0. The number of nitrogens with zero attached hydrogens (tertiary/aromatic N) is 1. The first-order valence-corrected chi connectivity index (χ1v) is 6.91. The van der Waals surface area contributed by atoms with Gasteiger partial charge in [0.2, 0.25) is 0 Å². The highest BCUT2D eigenvalue weighted by Gasteiger charge is 2.04. The maximum absolute atomic E-state index is 8.88. The van der Waals surface area contributed by atoms with Gasteiger partial charge in [-0.05, 0) is 30.7 Å². The van der Waals surface area contributed by atoms with E-state index in [9.17, 15) is 0 Å². The molecule has 1 N–H and O–H groups in total. The predicted octanol–water partition coefficient (Wildman–Crippen LogP) is 2.85. The van der Waals surface area contributed by atoms with E-state index in [1.807, 2.05) is 24.4 Å². The molecule has 3 nitrogen and oxygen atoms in total. The van der Waals surface area contributed by atoms with Gasteiger partial charge in [-0.3, -0.25) is 0 Å². The maximum atomic E-state index is 8.88. The van der Waals surface area contributed by atoms with Crippen LogP contribution in [0, 0.1) is 30.1 Å². The molecule has 20 heavy (non-hydrogen) atoms. The minimum atomic E-state index is -0.137. The van der Waals surface area contributed by atoms with Crippen molar-refractivity contribution in [1.82, 2.24) is 0 Å². The zero-order valence-electron chi connectivity index (χ0n) is 11.0. The Morgan fingerprint density at radius 2 is 2.15 bits per heavy atom. The number of nitriles is 1. The van der Waals surface area contributed by atoms with E-state index in [1.54, 1.807) is 23.5 Å². The van der Waals surface area contributed by atoms with Crippen molar-refractivity contribution in [2.24, 2.45) is 0 Å². The molecule has 4 heteroatoms. The molecule has 0 unspecified atom stereocenters. The highest BCUT2D eigenvalue weighted by molar-refractivity contribution is 7.10. The van der Waals surface area contributed by atoms with Crippen LogP contribution >= 0.6 is 11.3 Å². The molecule has 0 amide bonds. The molecule has 0 fully saturated rings. The fourth-order valence-corrected chi connectivity index (χ4v) is 2.36. The van der Waals surface area contributed by atoms with E-state index in [4.69, 9.17) is 15.1 Å². The topological polar surface area (TPSA) is 53.2 Å². The van der Waals surface area contributed by atoms with E-state index in [-0.39, 0.29) is 6.61 Å². The smallest absolute Gasteiger partial charge is 0.124 e. The van der Waals surface area contributed by atoms with Crippen LogP contribution in [0.1, 0.15) is 21.6 Å². The van der Waals surface area contributed by atoms with Gasteiger partial charge >= 0.3 is 0 Å². The first-order chi connectivity index (χ1) is 9.72. The number of benzene rings is 1. The quantitative estimate of drug-likeness (QED) is 0.881. The van der Waals surface area contributed by atoms with Crippen molar-refractivity contribution in [2.45, 2.75) is 13.5 Å². The number of rotatable bonds is 3. The van der Waals surface area contributed by atoms with Crippen LogP contribution < -0.4 is 4.74 Å². The molecule has 1 aromatic carbocycles. The second-order valence-electron chi connectivity index (χ2n) is 4.14. The molecular weight excluding hydrogens is 270 g/mol. The lowest BCUT2D eigenvalue weighted by atomic mass is 10.1. The van der Waals surface area contributed by atoms with Gasteiger partial charge < -0.3 is 9.84 Å². The van der Waals surface area contributed by atoms with Crippen molar-refractivity contribution in [2.75, 3.05) is 6.61 Å². The van der Waals surface area contributed by atoms with Gasteiger partial charge in [0.15, 0.2) is 0 Å². The fourth-order valence-electron chi connectivity index (χ4n) is 1.64. The lowest BCUT2D eigenvalue weighted by Gasteiger charge is -2.07. The summed E-state index contributed by atoms with van der Waals surface area (Å²) in [5.74, 6) is 6.19. The Balaban J connectivity index is 2.05. The van der Waals surface area contributed by atoms with Crippen LogP contribution in [-0.2, 0) is 6.61 Å². The Morgan fingerprint density at radius 1 is 1.30 bits per heavy atom. The molecule has 0 bridgehead atoms. The van der Waals surface area contributed by atoms with Crippen molar-refractivity contribution in [1.29, 1.82) is 5.26 Å². The van der Waals surface area contributed by atoms with Gasteiger partial charge in [0.05, 0.1) is 11.6 Å². The van der Waals surface area contributed by atoms with Crippen LogP contribution in [0.25, 0.3) is 0 Å². The van der Waals surface area contributed by atoms with Crippen molar-refractivity contribution < 1.29 is 9.84 Å². The Labute approximate surface area is 122 Å². The molecule has 0 aliphatic heterocycles. The predicted molar refractivity (Wildman–Crippen MR) is 78.5 cm³/mol. The summed E-state index contributed by atoms with van der Waals surface area (Å²) in [5, 5.41) is 19.5. The molecule has 2 aromatic rings. The Kier molecular flexibility index (Phi) is 4.79. The van der Waals surface area contributed by atoms with Crippen molar-refractivity contribution in [3.05, 3.63) is 51.2 Å². The highest BCUT2D eigenvalue weighted by atomic mass is 32.1. The lowest BCUT2D eigenvalue weighted by Crippen LogP contribution is -1.95. The molecular formula is C16H13NO2S. The van der Waals surface area contributed by atoms with Gasteiger partial charge in [0.1, 0.15) is 19.0 Å². The molecule has 2 rings (SSSR count). The minimum Gasteiger partial charge on any atom is -0.488 e. The average Bonchev–Trinajstić information content (AvgIpc) is 2.92. The van der Waals surface area contributed by atoms with Gasteiger partial charge in [-0.2, -0.15) is 5.26 Å². The molecule has 1 aromatic heterocycles. The summed E-state index contributed by atoms with van der Waals surface area (Å²) in [5.41, 5.74) is 2.47. The van der Waals surface area contributed by atoms with Gasteiger partial charge in [0, 0.05) is 15.8 Å². The number of ether oxygens (including phenoxy) is 1. The third kappa shape index (κ3) is 3.61. The number of thiophene rings is 1. The summed E-state index contributed by atoms with van der Waals surface area (Å²) in [6.07, 6.45) is 0. The van der Waals surface area contributed by atoms with Crippen LogP contribution in [0.3, 0.4) is 0 Å². The van der Waals surface area contributed by atoms with Crippen molar-refractivity contribution in [3.63, 3.8) is 0 Å². The molecule has 0 spiro atoms. The van der Waals surface area contributed by atoms with Gasteiger partial charge in [-0.1, -0.05) is 17.9 Å². The summed E-state index contributed by atoms with van der Waals surface area (Å²) < 4.78 is 5.74. The second-order valence-corrected chi connectivity index (χ2v) is 5.14. The van der Waals surface area contributed by atoms with Crippen LogP contribution in [0.5, 0.6) is 5.75 Å². The van der Waals surface area contributed by atoms with E-state index in [1.165, 1.54) is 0 Å². The number of aliphatic hydroxyl groups is 1. The fraction of sp³-hybridized carbons (Fsp3) is 0.188. The Hall–Kier alpha value is -2.27. The maximum Gasteiger partial charge on any atom is 0.124 e. The van der Waals surface area contributed by atoms with E-state index < -0.39 is 0 Å². The third-order valence-electron chi connectivity index (χ3n) is 2.65. The van der Waals surface area contributed by atoms with Crippen LogP contribution in [-0.4, -0.2) is 11.7 Å². The summed E-state index contributed by atoms with van der Waals surface area (Å²) >= 11 is 1.56. The Bertz CT molecular complexity index is 701. The first kappa shape index (κ1) is 14.1. The Morgan fingerprint density at radius 3 is 2.90 bits per heavy atom. The van der Waals surface area contributed by atoms with E-state index >= 15 is 0 Å². The van der Waals surface area contributed by atoms with Gasteiger partial charge in [-0.15, -0.1) is 11.3 Å². The minimum absolute atomic E-state index is 0.137. The summed E-state index contributed by atoms with van der Waals surface area (Å²) in [6.45, 7) is 2.26. The van der Waals surface area contributed by atoms with Gasteiger partial charge in [0.25, 0.3) is 0 Å². The molecule has 0 saturated heterocycles. The molecule has 1 heterocycles. The number of aryl methyl sites for hydroxylation is 1. The van der Waals surface area contributed by atoms with E-state index in [0.717, 1.165) is 21.8 Å². The lowest BCUT2D eigenvalue weighted by molar-refractivity contribution is 0.307. The number of hydrogen-bond acceptors (Lipinski definition) is 4. The highest BCUT2D eigenvalue weighted by Crippen LogP contribution is 2.22. The molecule has 0 atom stereocenters. The standard InChI is InChI=1S/C16H13NO2S/c1-12-4-5-13(9-17)8-16(12)19-10-15-7-14(11-20-15)3-2-6-18/h4-5,7-8,11,18H,6,10H2,1H3. The molecule has 0 aliphatic rings. The van der Waals surface area contributed by atoms with Gasteiger partial charge in [-0.25, -0.2) is 0 Å².